The molecule has 0 aromatic heterocycles. The molecule has 13 heavy (non-hydrogen) atoms. The van der Waals surface area contributed by atoms with Crippen molar-refractivity contribution in [1.82, 2.24) is 4.90 Å². The van der Waals surface area contributed by atoms with E-state index in [9.17, 15) is 0 Å². The van der Waals surface area contributed by atoms with Crippen molar-refractivity contribution in [2.24, 2.45) is 0 Å². The summed E-state index contributed by atoms with van der Waals surface area (Å²) in [5.74, 6) is 0. The van der Waals surface area contributed by atoms with Gasteiger partial charge in [-0.05, 0) is 43.1 Å². The lowest BCUT2D eigenvalue weighted by atomic mass is 9.98. The highest BCUT2D eigenvalue weighted by molar-refractivity contribution is 6.31. The molecular weight excluding hydrogens is 182 g/mol. The highest BCUT2D eigenvalue weighted by Crippen LogP contribution is 2.26. The van der Waals surface area contributed by atoms with Crippen LogP contribution in [0.5, 0.6) is 0 Å². The molecule has 1 aromatic rings. The summed E-state index contributed by atoms with van der Waals surface area (Å²) in [6, 6.07) is 4.31. The molecule has 0 aliphatic carbocycles. The van der Waals surface area contributed by atoms with Gasteiger partial charge in [0.25, 0.3) is 0 Å². The van der Waals surface area contributed by atoms with Gasteiger partial charge in [0.1, 0.15) is 0 Å². The Morgan fingerprint density at radius 1 is 1.38 bits per heavy atom. The average molecular weight is 196 g/mol. The number of likely N-dealkylation sites (N-methyl/N-ethyl adjacent to an activating group) is 1. The molecule has 2 heteroatoms. The Morgan fingerprint density at radius 2 is 2.15 bits per heavy atom. The lowest BCUT2D eigenvalue weighted by molar-refractivity contribution is 0.313. The molecule has 0 atom stereocenters. The van der Waals surface area contributed by atoms with Gasteiger partial charge in [-0.1, -0.05) is 17.7 Å². The molecule has 1 nitrogen and oxygen atoms in total. The molecule has 0 saturated carbocycles. The molecule has 0 bridgehead atoms. The van der Waals surface area contributed by atoms with Crippen molar-refractivity contribution in [2.45, 2.75) is 19.9 Å². The Balaban J connectivity index is 2.47. The summed E-state index contributed by atoms with van der Waals surface area (Å²) in [5, 5.41) is 0.947. The second kappa shape index (κ2) is 3.32. The molecule has 2 rings (SSSR count). The molecular formula is C11H14ClN. The fourth-order valence-corrected chi connectivity index (χ4v) is 2.33. The third kappa shape index (κ3) is 1.72. The molecule has 1 heterocycles. The Kier molecular flexibility index (Phi) is 2.31. The Hall–Kier alpha value is -0.530. The van der Waals surface area contributed by atoms with Crippen LogP contribution in [0.3, 0.4) is 0 Å². The number of aryl methyl sites for hydroxylation is 1. The van der Waals surface area contributed by atoms with E-state index >= 15 is 0 Å². The minimum absolute atomic E-state index is 0.947. The Bertz CT molecular complexity index is 333. The first-order valence-electron chi connectivity index (χ1n) is 4.63. The maximum absolute atomic E-state index is 6.18. The number of rotatable bonds is 0. The van der Waals surface area contributed by atoms with Crippen molar-refractivity contribution in [2.75, 3.05) is 13.6 Å². The maximum atomic E-state index is 6.18. The molecule has 0 radical (unpaired) electrons. The molecule has 0 saturated heterocycles. The first-order valence-corrected chi connectivity index (χ1v) is 5.01. The predicted molar refractivity (Wildman–Crippen MR) is 56.2 cm³/mol. The third-order valence-corrected chi connectivity index (χ3v) is 2.95. The maximum Gasteiger partial charge on any atom is 0.0444 e. The highest BCUT2D eigenvalue weighted by atomic mass is 35.5. The van der Waals surface area contributed by atoms with E-state index in [0.717, 1.165) is 24.5 Å². The van der Waals surface area contributed by atoms with Crippen LogP contribution in [-0.4, -0.2) is 18.5 Å². The molecule has 1 aliphatic rings. The van der Waals surface area contributed by atoms with Crippen molar-refractivity contribution in [3.63, 3.8) is 0 Å². The fraction of sp³-hybridized carbons (Fsp3) is 0.455. The standard InChI is InChI=1S/C11H14ClN/c1-8-5-9-7-13(2)4-3-10(9)11(12)6-8/h5-6H,3-4,7H2,1-2H3. The van der Waals surface area contributed by atoms with Crippen LogP contribution < -0.4 is 0 Å². The average Bonchev–Trinajstić information content (AvgIpc) is 2.02. The van der Waals surface area contributed by atoms with E-state index in [-0.39, 0.29) is 0 Å². The topological polar surface area (TPSA) is 3.24 Å². The summed E-state index contributed by atoms with van der Waals surface area (Å²) < 4.78 is 0. The van der Waals surface area contributed by atoms with E-state index in [1.807, 2.05) is 0 Å². The summed E-state index contributed by atoms with van der Waals surface area (Å²) in [6.45, 7) is 4.26. The van der Waals surface area contributed by atoms with Crippen molar-refractivity contribution in [1.29, 1.82) is 0 Å². The number of halogens is 1. The molecule has 0 amide bonds. The van der Waals surface area contributed by atoms with Gasteiger partial charge in [-0.15, -0.1) is 0 Å². The molecule has 1 aliphatic heterocycles. The summed E-state index contributed by atoms with van der Waals surface area (Å²) >= 11 is 6.18. The van der Waals surface area contributed by atoms with Crippen LogP contribution in [-0.2, 0) is 13.0 Å². The number of benzene rings is 1. The lowest BCUT2D eigenvalue weighted by Crippen LogP contribution is -2.26. The fourth-order valence-electron chi connectivity index (χ4n) is 1.94. The van der Waals surface area contributed by atoms with Crippen LogP contribution in [0.2, 0.25) is 5.02 Å². The molecule has 1 aromatic carbocycles. The molecule has 0 spiro atoms. The summed E-state index contributed by atoms with van der Waals surface area (Å²) in [7, 11) is 2.15. The molecule has 70 valence electrons. The third-order valence-electron chi connectivity index (χ3n) is 2.62. The van der Waals surface area contributed by atoms with Crippen LogP contribution in [0.15, 0.2) is 12.1 Å². The van der Waals surface area contributed by atoms with E-state index < -0.39 is 0 Å². The van der Waals surface area contributed by atoms with Gasteiger partial charge in [0, 0.05) is 18.1 Å². The van der Waals surface area contributed by atoms with Crippen molar-refractivity contribution in [3.8, 4) is 0 Å². The van der Waals surface area contributed by atoms with Crippen LogP contribution in [0.25, 0.3) is 0 Å². The van der Waals surface area contributed by atoms with Gasteiger partial charge in [0.2, 0.25) is 0 Å². The van der Waals surface area contributed by atoms with Crippen molar-refractivity contribution < 1.29 is 0 Å². The molecule has 0 N–H and O–H groups in total. The van der Waals surface area contributed by atoms with Gasteiger partial charge in [0.05, 0.1) is 0 Å². The zero-order chi connectivity index (χ0) is 9.42. The number of nitrogens with zero attached hydrogens (tertiary/aromatic N) is 1. The van der Waals surface area contributed by atoms with E-state index in [4.69, 9.17) is 11.6 Å². The van der Waals surface area contributed by atoms with Crippen LogP contribution >= 0.6 is 11.6 Å². The molecule has 0 fully saturated rings. The zero-order valence-corrected chi connectivity index (χ0v) is 8.86. The van der Waals surface area contributed by atoms with Crippen molar-refractivity contribution in [3.05, 3.63) is 33.8 Å². The lowest BCUT2D eigenvalue weighted by Gasteiger charge is -2.26. The minimum atomic E-state index is 0.947. The highest BCUT2D eigenvalue weighted by Gasteiger charge is 2.15. The monoisotopic (exact) mass is 195 g/mol. The van der Waals surface area contributed by atoms with Crippen molar-refractivity contribution >= 4 is 11.6 Å². The number of hydrogen-bond acceptors (Lipinski definition) is 1. The van der Waals surface area contributed by atoms with Crippen LogP contribution in [0, 0.1) is 6.92 Å². The second-order valence-electron chi connectivity index (χ2n) is 3.87. The van der Waals surface area contributed by atoms with Gasteiger partial charge < -0.3 is 4.90 Å². The zero-order valence-electron chi connectivity index (χ0n) is 8.10. The number of hydrogen-bond donors (Lipinski definition) is 0. The smallest absolute Gasteiger partial charge is 0.0444 e. The molecule has 0 unspecified atom stereocenters. The van der Waals surface area contributed by atoms with Gasteiger partial charge >= 0.3 is 0 Å². The summed E-state index contributed by atoms with van der Waals surface area (Å²) in [5.41, 5.74) is 4.02. The van der Waals surface area contributed by atoms with Gasteiger partial charge in [-0.3, -0.25) is 0 Å². The van der Waals surface area contributed by atoms with Gasteiger partial charge in [-0.2, -0.15) is 0 Å². The van der Waals surface area contributed by atoms with Crippen LogP contribution in [0.4, 0.5) is 0 Å². The second-order valence-corrected chi connectivity index (χ2v) is 4.28. The minimum Gasteiger partial charge on any atom is -0.302 e. The van der Waals surface area contributed by atoms with Crippen LogP contribution in [0.1, 0.15) is 16.7 Å². The first kappa shape index (κ1) is 9.04. The van der Waals surface area contributed by atoms with Gasteiger partial charge in [0.15, 0.2) is 0 Å². The number of fused-ring (bicyclic) bond motifs is 1. The quantitative estimate of drug-likeness (QED) is 0.615. The SMILES string of the molecule is Cc1cc(Cl)c2c(c1)CN(C)CC2. The summed E-state index contributed by atoms with van der Waals surface area (Å²) in [4.78, 5) is 2.33. The Labute approximate surface area is 84.3 Å². The van der Waals surface area contributed by atoms with E-state index in [1.165, 1.54) is 16.7 Å². The largest absolute Gasteiger partial charge is 0.302 e. The predicted octanol–water partition coefficient (Wildman–Crippen LogP) is 2.64. The van der Waals surface area contributed by atoms with E-state index in [2.05, 4.69) is 31.0 Å². The Morgan fingerprint density at radius 3 is 2.92 bits per heavy atom. The normalized spacial score (nSPS) is 17.2. The first-order chi connectivity index (χ1) is 6.16. The van der Waals surface area contributed by atoms with E-state index in [1.54, 1.807) is 0 Å². The van der Waals surface area contributed by atoms with E-state index in [0.29, 0.717) is 0 Å². The van der Waals surface area contributed by atoms with Gasteiger partial charge in [-0.25, -0.2) is 0 Å². The summed E-state index contributed by atoms with van der Waals surface area (Å²) in [6.07, 6.45) is 1.09.